The molecule has 2 rings (SSSR count). The zero-order valence-electron chi connectivity index (χ0n) is 13.9. The molecule has 2 aromatic carbocycles. The van der Waals surface area contributed by atoms with E-state index in [-0.39, 0.29) is 6.10 Å². The quantitative estimate of drug-likeness (QED) is 0.770. The highest BCUT2D eigenvalue weighted by molar-refractivity contribution is 5.33. The van der Waals surface area contributed by atoms with Gasteiger partial charge in [0, 0.05) is 18.2 Å². The standard InChI is InChI=1S/C20H27NO/c1-16(2)22-20-12-8-7-11-19(20)15-21-17(3)13-14-18-9-5-4-6-10-18/h4-12,16-17,21H,13-15H2,1-3H3/t17-/m1/s1. The first kappa shape index (κ1) is 16.6. The van der Waals surface area contributed by atoms with Gasteiger partial charge in [0.05, 0.1) is 6.10 Å². The molecule has 0 aliphatic carbocycles. The Kier molecular flexibility index (Phi) is 6.47. The molecule has 0 aromatic heterocycles. The lowest BCUT2D eigenvalue weighted by atomic mass is 10.1. The van der Waals surface area contributed by atoms with Crippen LogP contribution in [0.25, 0.3) is 0 Å². The predicted molar refractivity (Wildman–Crippen MR) is 93.3 cm³/mol. The summed E-state index contributed by atoms with van der Waals surface area (Å²) in [5, 5.41) is 3.60. The number of ether oxygens (including phenoxy) is 1. The highest BCUT2D eigenvalue weighted by Crippen LogP contribution is 2.19. The molecule has 0 saturated heterocycles. The summed E-state index contributed by atoms with van der Waals surface area (Å²) >= 11 is 0. The number of hydrogen-bond acceptors (Lipinski definition) is 2. The second kappa shape index (κ2) is 8.60. The molecule has 0 fully saturated rings. The van der Waals surface area contributed by atoms with Crippen molar-refractivity contribution in [2.45, 2.75) is 52.3 Å². The van der Waals surface area contributed by atoms with Gasteiger partial charge >= 0.3 is 0 Å². The van der Waals surface area contributed by atoms with Gasteiger partial charge in [-0.15, -0.1) is 0 Å². The minimum absolute atomic E-state index is 0.205. The molecule has 0 bridgehead atoms. The third-order valence-corrected chi connectivity index (χ3v) is 3.69. The average molecular weight is 297 g/mol. The fourth-order valence-corrected chi connectivity index (χ4v) is 2.43. The SMILES string of the molecule is CC(C)Oc1ccccc1CN[C@H](C)CCc1ccccc1. The molecular weight excluding hydrogens is 270 g/mol. The summed E-state index contributed by atoms with van der Waals surface area (Å²) in [6.45, 7) is 7.22. The molecule has 0 aliphatic rings. The first-order valence-electron chi connectivity index (χ1n) is 8.17. The summed E-state index contributed by atoms with van der Waals surface area (Å²) in [7, 11) is 0. The van der Waals surface area contributed by atoms with Crippen molar-refractivity contribution in [1.82, 2.24) is 5.32 Å². The Morgan fingerprint density at radius 3 is 2.32 bits per heavy atom. The van der Waals surface area contributed by atoms with Gasteiger partial charge in [-0.2, -0.15) is 0 Å². The summed E-state index contributed by atoms with van der Waals surface area (Å²) in [4.78, 5) is 0. The Morgan fingerprint density at radius 1 is 0.909 bits per heavy atom. The molecule has 2 nitrogen and oxygen atoms in total. The first-order chi connectivity index (χ1) is 10.6. The lowest BCUT2D eigenvalue weighted by Crippen LogP contribution is -2.26. The average Bonchev–Trinajstić information content (AvgIpc) is 2.52. The zero-order chi connectivity index (χ0) is 15.8. The molecule has 2 aromatic rings. The van der Waals surface area contributed by atoms with Crippen LogP contribution in [-0.4, -0.2) is 12.1 Å². The zero-order valence-corrected chi connectivity index (χ0v) is 13.9. The molecule has 0 saturated carbocycles. The normalized spacial score (nSPS) is 12.4. The summed E-state index contributed by atoms with van der Waals surface area (Å²) in [5.74, 6) is 0.986. The van der Waals surface area contributed by atoms with Crippen LogP contribution in [0.4, 0.5) is 0 Å². The Bertz CT molecular complexity index is 551. The number of rotatable bonds is 8. The third kappa shape index (κ3) is 5.53. The van der Waals surface area contributed by atoms with Crippen LogP contribution < -0.4 is 10.1 Å². The van der Waals surface area contributed by atoms with Gasteiger partial charge in [0.15, 0.2) is 0 Å². The molecule has 1 atom stereocenters. The van der Waals surface area contributed by atoms with E-state index in [4.69, 9.17) is 4.74 Å². The van der Waals surface area contributed by atoms with Crippen LogP contribution in [0.5, 0.6) is 5.75 Å². The number of benzene rings is 2. The molecule has 22 heavy (non-hydrogen) atoms. The van der Waals surface area contributed by atoms with E-state index in [9.17, 15) is 0 Å². The van der Waals surface area contributed by atoms with Crippen LogP contribution in [0.3, 0.4) is 0 Å². The highest BCUT2D eigenvalue weighted by Gasteiger charge is 2.07. The topological polar surface area (TPSA) is 21.3 Å². The Hall–Kier alpha value is -1.80. The van der Waals surface area contributed by atoms with Crippen LogP contribution in [0.15, 0.2) is 54.6 Å². The van der Waals surface area contributed by atoms with E-state index in [0.29, 0.717) is 6.04 Å². The minimum atomic E-state index is 0.205. The van der Waals surface area contributed by atoms with Crippen LogP contribution in [0.2, 0.25) is 0 Å². The Balaban J connectivity index is 1.82. The number of aryl methyl sites for hydroxylation is 1. The van der Waals surface area contributed by atoms with Crippen molar-refractivity contribution in [1.29, 1.82) is 0 Å². The van der Waals surface area contributed by atoms with Gasteiger partial charge in [-0.1, -0.05) is 48.5 Å². The van der Waals surface area contributed by atoms with Gasteiger partial charge in [-0.25, -0.2) is 0 Å². The maximum absolute atomic E-state index is 5.87. The summed E-state index contributed by atoms with van der Waals surface area (Å²) < 4.78 is 5.87. The first-order valence-corrected chi connectivity index (χ1v) is 8.17. The van der Waals surface area contributed by atoms with Crippen LogP contribution in [-0.2, 0) is 13.0 Å². The maximum atomic E-state index is 5.87. The predicted octanol–water partition coefficient (Wildman–Crippen LogP) is 4.58. The Morgan fingerprint density at radius 2 is 1.59 bits per heavy atom. The maximum Gasteiger partial charge on any atom is 0.124 e. The van der Waals surface area contributed by atoms with Crippen LogP contribution in [0, 0.1) is 0 Å². The molecule has 0 radical (unpaired) electrons. The van der Waals surface area contributed by atoms with Crippen LogP contribution in [0.1, 0.15) is 38.3 Å². The number of para-hydroxylation sites is 1. The van der Waals surface area contributed by atoms with Crippen molar-refractivity contribution < 1.29 is 4.74 Å². The second-order valence-corrected chi connectivity index (χ2v) is 6.08. The molecule has 0 aliphatic heterocycles. The summed E-state index contributed by atoms with van der Waals surface area (Å²) in [5.41, 5.74) is 2.63. The molecule has 1 N–H and O–H groups in total. The van der Waals surface area contributed by atoms with E-state index in [1.165, 1.54) is 11.1 Å². The lowest BCUT2D eigenvalue weighted by Gasteiger charge is -2.17. The lowest BCUT2D eigenvalue weighted by molar-refractivity contribution is 0.239. The fraction of sp³-hybridized carbons (Fsp3) is 0.400. The second-order valence-electron chi connectivity index (χ2n) is 6.08. The fourth-order valence-electron chi connectivity index (χ4n) is 2.43. The minimum Gasteiger partial charge on any atom is -0.491 e. The van der Waals surface area contributed by atoms with Crippen molar-refractivity contribution in [3.63, 3.8) is 0 Å². The van der Waals surface area contributed by atoms with Gasteiger partial charge in [-0.3, -0.25) is 0 Å². The van der Waals surface area contributed by atoms with E-state index < -0.39 is 0 Å². The van der Waals surface area contributed by atoms with Crippen LogP contribution >= 0.6 is 0 Å². The van der Waals surface area contributed by atoms with Gasteiger partial charge < -0.3 is 10.1 Å². The molecule has 118 valence electrons. The van der Waals surface area contributed by atoms with E-state index in [0.717, 1.165) is 25.1 Å². The molecule has 0 amide bonds. The summed E-state index contributed by atoms with van der Waals surface area (Å²) in [6, 6.07) is 19.4. The molecule has 0 unspecified atom stereocenters. The van der Waals surface area contributed by atoms with E-state index in [2.05, 4.69) is 68.6 Å². The van der Waals surface area contributed by atoms with E-state index >= 15 is 0 Å². The molecular formula is C20H27NO. The molecule has 0 heterocycles. The largest absolute Gasteiger partial charge is 0.491 e. The van der Waals surface area contributed by atoms with Crippen molar-refractivity contribution >= 4 is 0 Å². The van der Waals surface area contributed by atoms with Gasteiger partial charge in [0.25, 0.3) is 0 Å². The van der Waals surface area contributed by atoms with Gasteiger partial charge in [-0.05, 0) is 45.2 Å². The van der Waals surface area contributed by atoms with E-state index in [1.807, 2.05) is 12.1 Å². The highest BCUT2D eigenvalue weighted by atomic mass is 16.5. The smallest absolute Gasteiger partial charge is 0.124 e. The number of hydrogen-bond donors (Lipinski definition) is 1. The third-order valence-electron chi connectivity index (χ3n) is 3.69. The monoisotopic (exact) mass is 297 g/mol. The summed E-state index contributed by atoms with van der Waals surface area (Å²) in [6.07, 6.45) is 2.45. The van der Waals surface area contributed by atoms with Gasteiger partial charge in [0.1, 0.15) is 5.75 Å². The van der Waals surface area contributed by atoms with Crippen molar-refractivity contribution in [2.75, 3.05) is 0 Å². The van der Waals surface area contributed by atoms with Crippen molar-refractivity contribution in [2.24, 2.45) is 0 Å². The van der Waals surface area contributed by atoms with Crippen molar-refractivity contribution in [3.05, 3.63) is 65.7 Å². The van der Waals surface area contributed by atoms with Crippen molar-refractivity contribution in [3.8, 4) is 5.75 Å². The van der Waals surface area contributed by atoms with E-state index in [1.54, 1.807) is 0 Å². The molecule has 2 heteroatoms. The van der Waals surface area contributed by atoms with Gasteiger partial charge in [0.2, 0.25) is 0 Å². The molecule has 0 spiro atoms. The number of nitrogens with one attached hydrogen (secondary N) is 1. The Labute approximate surface area is 134 Å².